The number of hydrazone groups is 1. The van der Waals surface area contributed by atoms with Crippen molar-refractivity contribution in [1.82, 2.24) is 0 Å². The highest BCUT2D eigenvalue weighted by molar-refractivity contribution is 6.22. The van der Waals surface area contributed by atoms with Crippen molar-refractivity contribution in [2.24, 2.45) is 0 Å². The molecule has 0 radical (unpaired) electrons. The number of quaternary nitrogens is 1. The zero-order valence-electron chi connectivity index (χ0n) is 20.9. The predicted octanol–water partition coefficient (Wildman–Crippen LogP) is 2.40. The SMILES string of the molecule is O=C1OC(=O)C2=C/C(=[N+](\[O-])Nc3ccc(Nc4ccc(N[NH+]([O-])c5ccc6c(c5)C(=O)OC6=O)cc4)cc3)CC=C12. The van der Waals surface area contributed by atoms with E-state index in [4.69, 9.17) is 0 Å². The molecule has 3 aromatic carbocycles. The van der Waals surface area contributed by atoms with E-state index in [0.717, 1.165) is 11.4 Å². The number of fused-ring (bicyclic) bond motifs is 2. The minimum Gasteiger partial charge on any atom is -0.603 e. The first-order valence-electron chi connectivity index (χ1n) is 12.2. The number of benzene rings is 3. The summed E-state index contributed by atoms with van der Waals surface area (Å²) in [7, 11) is 0. The molecule has 41 heavy (non-hydrogen) atoms. The molecule has 3 aliphatic rings. The molecule has 6 rings (SSSR count). The van der Waals surface area contributed by atoms with Gasteiger partial charge < -0.3 is 25.2 Å². The molecule has 4 N–H and O–H groups in total. The van der Waals surface area contributed by atoms with Crippen LogP contribution in [0.3, 0.4) is 0 Å². The summed E-state index contributed by atoms with van der Waals surface area (Å²) in [5, 5.41) is 28.0. The maximum absolute atomic E-state index is 12.6. The van der Waals surface area contributed by atoms with E-state index < -0.39 is 29.0 Å². The molecule has 13 heteroatoms. The first-order valence-corrected chi connectivity index (χ1v) is 12.2. The van der Waals surface area contributed by atoms with Crippen LogP contribution in [0.2, 0.25) is 0 Å². The topological polar surface area (TPSA) is 176 Å². The second-order valence-corrected chi connectivity index (χ2v) is 9.13. The number of nitrogens with one attached hydrogen (secondary N) is 4. The second kappa shape index (κ2) is 10.1. The van der Waals surface area contributed by atoms with Gasteiger partial charge in [0, 0.05) is 29.6 Å². The number of ether oxygens (including phenoxy) is 2. The van der Waals surface area contributed by atoms with Gasteiger partial charge in [0.25, 0.3) is 0 Å². The highest BCUT2D eigenvalue weighted by Crippen LogP contribution is 2.27. The van der Waals surface area contributed by atoms with Crippen molar-refractivity contribution in [2.45, 2.75) is 6.42 Å². The van der Waals surface area contributed by atoms with Crippen LogP contribution in [0.5, 0.6) is 0 Å². The van der Waals surface area contributed by atoms with E-state index in [1.807, 2.05) is 0 Å². The lowest BCUT2D eigenvalue weighted by molar-refractivity contribution is -0.749. The minimum absolute atomic E-state index is 0.0561. The number of esters is 4. The Balaban J connectivity index is 1.06. The van der Waals surface area contributed by atoms with Gasteiger partial charge in [-0.3, -0.25) is 0 Å². The Morgan fingerprint density at radius 2 is 1.29 bits per heavy atom. The summed E-state index contributed by atoms with van der Waals surface area (Å²) < 4.78 is 9.11. The largest absolute Gasteiger partial charge is 0.603 e. The Hall–Kier alpha value is -5.79. The first kappa shape index (κ1) is 25.5. The molecule has 0 aromatic heterocycles. The molecule has 0 amide bonds. The van der Waals surface area contributed by atoms with E-state index in [-0.39, 0.29) is 40.1 Å². The summed E-state index contributed by atoms with van der Waals surface area (Å²) in [6, 6.07) is 17.9. The average Bonchev–Trinajstić information content (AvgIpc) is 3.43. The molecule has 0 spiro atoms. The van der Waals surface area contributed by atoms with Crippen LogP contribution in [0.1, 0.15) is 27.1 Å². The molecule has 3 aromatic rings. The zero-order chi connectivity index (χ0) is 28.7. The summed E-state index contributed by atoms with van der Waals surface area (Å²) in [6.07, 6.45) is 2.99. The summed E-state index contributed by atoms with van der Waals surface area (Å²) in [5.74, 6) is -3.00. The van der Waals surface area contributed by atoms with Crippen LogP contribution in [0.25, 0.3) is 0 Å². The fourth-order valence-electron chi connectivity index (χ4n) is 4.37. The predicted molar refractivity (Wildman–Crippen MR) is 144 cm³/mol. The number of anilines is 4. The number of hydrogen-bond donors (Lipinski definition) is 4. The van der Waals surface area contributed by atoms with Crippen LogP contribution in [0.15, 0.2) is 90.0 Å². The molecule has 0 bridgehead atoms. The van der Waals surface area contributed by atoms with Crippen molar-refractivity contribution in [3.63, 3.8) is 0 Å². The monoisotopic (exact) mass is 553 g/mol. The molecular formula is C28H19N5O8. The molecule has 1 aliphatic carbocycles. The van der Waals surface area contributed by atoms with Crippen LogP contribution in [-0.2, 0) is 19.1 Å². The molecule has 2 heterocycles. The fourth-order valence-corrected chi connectivity index (χ4v) is 4.37. The number of rotatable bonds is 7. The van der Waals surface area contributed by atoms with Crippen LogP contribution < -0.4 is 21.3 Å². The first-order chi connectivity index (χ1) is 19.7. The summed E-state index contributed by atoms with van der Waals surface area (Å²) in [4.78, 5) is 47.2. The Bertz CT molecular complexity index is 1730. The van der Waals surface area contributed by atoms with Gasteiger partial charge in [-0.05, 0) is 54.6 Å². The number of allylic oxidation sites excluding steroid dienone is 2. The van der Waals surface area contributed by atoms with Crippen LogP contribution in [-0.4, -0.2) is 34.4 Å². The number of hydrogen-bond acceptors (Lipinski definition) is 11. The van der Waals surface area contributed by atoms with E-state index >= 15 is 0 Å². The van der Waals surface area contributed by atoms with E-state index in [0.29, 0.717) is 16.2 Å². The number of hydrazine groups is 1. The zero-order valence-corrected chi connectivity index (χ0v) is 20.9. The Morgan fingerprint density at radius 3 is 2.00 bits per heavy atom. The third-order valence-corrected chi connectivity index (χ3v) is 6.46. The number of nitrogens with zero attached hydrogens (tertiary/aromatic N) is 1. The minimum atomic E-state index is -0.781. The van der Waals surface area contributed by atoms with Gasteiger partial charge in [0.05, 0.1) is 40.1 Å². The molecule has 1 unspecified atom stereocenters. The van der Waals surface area contributed by atoms with Crippen LogP contribution in [0, 0.1) is 10.4 Å². The van der Waals surface area contributed by atoms with Gasteiger partial charge >= 0.3 is 23.9 Å². The maximum Gasteiger partial charge on any atom is 0.347 e. The molecule has 204 valence electrons. The smallest absolute Gasteiger partial charge is 0.347 e. The average molecular weight is 553 g/mol. The molecule has 1 saturated heterocycles. The van der Waals surface area contributed by atoms with E-state index in [9.17, 15) is 29.6 Å². The fraction of sp³-hybridized carbons (Fsp3) is 0.0357. The third kappa shape index (κ3) is 5.01. The van der Waals surface area contributed by atoms with Crippen molar-refractivity contribution in [2.75, 3.05) is 16.2 Å². The molecule has 13 nitrogen and oxygen atoms in total. The quantitative estimate of drug-likeness (QED) is 0.111. The summed E-state index contributed by atoms with van der Waals surface area (Å²) in [6.45, 7) is 0. The molecule has 2 aliphatic heterocycles. The highest BCUT2D eigenvalue weighted by Gasteiger charge is 2.36. The standard InChI is InChI=1S/C28H19N5O8/c34-25-21-11-9-19(13-23(21)27(36)40-25)32(38)30-17-5-1-15(2-6-17)29-16-3-7-18(8-4-16)31-33(39)20-10-12-22-24(14-20)28(37)41-26(22)35/h1-9,11-14,29-32H,10H2/b33-20-. The van der Waals surface area contributed by atoms with Crippen molar-refractivity contribution >= 4 is 58.0 Å². The Kier molecular flexibility index (Phi) is 6.26. The van der Waals surface area contributed by atoms with E-state index in [2.05, 4.69) is 25.6 Å². The van der Waals surface area contributed by atoms with Gasteiger partial charge in [0.2, 0.25) is 5.71 Å². The normalized spacial score (nSPS) is 17.5. The summed E-state index contributed by atoms with van der Waals surface area (Å²) >= 11 is 0. The Labute approximate surface area is 231 Å². The van der Waals surface area contributed by atoms with E-state index in [1.165, 1.54) is 30.4 Å². The van der Waals surface area contributed by atoms with Crippen LogP contribution >= 0.6 is 0 Å². The van der Waals surface area contributed by atoms with Gasteiger partial charge in [-0.25, -0.2) is 29.8 Å². The van der Waals surface area contributed by atoms with Gasteiger partial charge in [-0.15, -0.1) is 0 Å². The molecule has 1 fully saturated rings. The van der Waals surface area contributed by atoms with Crippen molar-refractivity contribution in [3.8, 4) is 0 Å². The number of carbonyl (C=O) groups is 4. The van der Waals surface area contributed by atoms with Crippen molar-refractivity contribution in [3.05, 3.63) is 112 Å². The van der Waals surface area contributed by atoms with Crippen molar-refractivity contribution < 1.29 is 38.7 Å². The Morgan fingerprint density at radius 1 is 0.707 bits per heavy atom. The van der Waals surface area contributed by atoms with E-state index in [1.54, 1.807) is 48.5 Å². The van der Waals surface area contributed by atoms with Crippen LogP contribution in [0.4, 0.5) is 28.4 Å². The highest BCUT2D eigenvalue weighted by atomic mass is 16.6. The maximum atomic E-state index is 12.6. The molecule has 1 atom stereocenters. The molecule has 0 saturated carbocycles. The van der Waals surface area contributed by atoms with Crippen molar-refractivity contribution in [1.29, 1.82) is 0 Å². The lowest BCUT2D eigenvalue weighted by Gasteiger charge is -2.23. The summed E-state index contributed by atoms with van der Waals surface area (Å²) in [5.41, 5.74) is 8.78. The van der Waals surface area contributed by atoms with Gasteiger partial charge in [0.1, 0.15) is 0 Å². The second-order valence-electron chi connectivity index (χ2n) is 9.13. The number of carbonyl (C=O) groups excluding carboxylic acids is 4. The van der Waals surface area contributed by atoms with Gasteiger partial charge in [0.15, 0.2) is 5.69 Å². The molecular weight excluding hydrogens is 534 g/mol. The number of cyclic esters (lactones) is 4. The van der Waals surface area contributed by atoms with Gasteiger partial charge in [-0.2, -0.15) is 5.43 Å². The van der Waals surface area contributed by atoms with Gasteiger partial charge in [-0.1, -0.05) is 10.9 Å². The lowest BCUT2D eigenvalue weighted by atomic mass is 9.99. The third-order valence-electron chi connectivity index (χ3n) is 6.46. The lowest BCUT2D eigenvalue weighted by Crippen LogP contribution is -3.05.